The maximum absolute atomic E-state index is 9.32. The Hall–Kier alpha value is -2.20. The van der Waals surface area contributed by atoms with Crippen molar-refractivity contribution < 1.29 is 5.11 Å². The second-order valence-corrected chi connectivity index (χ2v) is 5.67. The first-order chi connectivity index (χ1) is 10.3. The number of benzene rings is 1. The van der Waals surface area contributed by atoms with Crippen LogP contribution in [0.5, 0.6) is 5.75 Å². The molecular weight excluding hydrogens is 310 g/mol. The minimum atomic E-state index is 0.202. The molecule has 0 saturated heterocycles. The number of phenolic OH excluding ortho intramolecular Hbond substituents is 1. The third-order valence-electron chi connectivity index (χ3n) is 2.66. The number of aromatic nitrogens is 6. The third-order valence-corrected chi connectivity index (χ3v) is 4.37. The molecule has 0 amide bonds. The van der Waals surface area contributed by atoms with Crippen LogP contribution in [0.3, 0.4) is 0 Å². The molecule has 0 aliphatic rings. The number of aromatic hydroxyl groups is 1. The van der Waals surface area contributed by atoms with Gasteiger partial charge in [0.15, 0.2) is 0 Å². The molecule has 0 saturated carbocycles. The van der Waals surface area contributed by atoms with Gasteiger partial charge in [-0.05, 0) is 34.7 Å². The van der Waals surface area contributed by atoms with Crippen molar-refractivity contribution in [2.45, 2.75) is 10.9 Å². The maximum Gasteiger partial charge on any atom is 0.214 e. The van der Waals surface area contributed by atoms with Crippen molar-refractivity contribution in [2.75, 3.05) is 12.4 Å². The predicted octanol–water partition coefficient (Wildman–Crippen LogP) is 1.55. The zero-order valence-electron chi connectivity index (χ0n) is 11.0. The Morgan fingerprint density at radius 3 is 2.86 bits per heavy atom. The highest BCUT2D eigenvalue weighted by Gasteiger charge is 2.12. The second kappa shape index (κ2) is 6.06. The van der Waals surface area contributed by atoms with Crippen molar-refractivity contribution in [3.8, 4) is 11.4 Å². The van der Waals surface area contributed by atoms with Crippen molar-refractivity contribution in [2.24, 2.45) is 0 Å². The zero-order chi connectivity index (χ0) is 14.7. The Balaban J connectivity index is 1.78. The molecule has 0 aliphatic heterocycles. The lowest BCUT2D eigenvalue weighted by molar-refractivity contribution is 0.475. The van der Waals surface area contributed by atoms with E-state index in [0.29, 0.717) is 10.9 Å². The van der Waals surface area contributed by atoms with Crippen molar-refractivity contribution in [3.05, 3.63) is 30.0 Å². The molecule has 0 fully saturated rings. The molecule has 2 aromatic heterocycles. The van der Waals surface area contributed by atoms with Crippen LogP contribution in [0.4, 0.5) is 5.00 Å². The SMILES string of the molecule is CNc1snnc1CSc1nnnn1-c1ccc(O)cc1. The molecule has 1 aromatic carbocycles. The molecule has 0 atom stereocenters. The summed E-state index contributed by atoms with van der Waals surface area (Å²) in [5, 5.41) is 29.7. The van der Waals surface area contributed by atoms with Crippen molar-refractivity contribution >= 4 is 28.3 Å². The van der Waals surface area contributed by atoms with E-state index in [-0.39, 0.29) is 5.75 Å². The predicted molar refractivity (Wildman–Crippen MR) is 79.8 cm³/mol. The number of rotatable bonds is 5. The highest BCUT2D eigenvalue weighted by Crippen LogP contribution is 2.26. The summed E-state index contributed by atoms with van der Waals surface area (Å²) < 4.78 is 5.53. The Morgan fingerprint density at radius 2 is 2.10 bits per heavy atom. The van der Waals surface area contributed by atoms with Crippen LogP contribution in [0.2, 0.25) is 0 Å². The molecule has 0 bridgehead atoms. The molecule has 3 rings (SSSR count). The Kier molecular flexibility index (Phi) is 3.97. The highest BCUT2D eigenvalue weighted by molar-refractivity contribution is 7.98. The van der Waals surface area contributed by atoms with Crippen LogP contribution in [0, 0.1) is 0 Å². The molecule has 0 aliphatic carbocycles. The summed E-state index contributed by atoms with van der Waals surface area (Å²) in [6.45, 7) is 0. The monoisotopic (exact) mass is 321 g/mol. The fraction of sp³-hybridized carbons (Fsp3) is 0.182. The number of nitrogens with zero attached hydrogens (tertiary/aromatic N) is 6. The summed E-state index contributed by atoms with van der Waals surface area (Å²) in [4.78, 5) is 0. The first kappa shape index (κ1) is 13.8. The van der Waals surface area contributed by atoms with Crippen LogP contribution in [-0.2, 0) is 5.75 Å². The van der Waals surface area contributed by atoms with Gasteiger partial charge in [-0.25, -0.2) is 0 Å². The van der Waals surface area contributed by atoms with Gasteiger partial charge in [0.1, 0.15) is 16.4 Å². The molecule has 2 N–H and O–H groups in total. The van der Waals surface area contributed by atoms with E-state index < -0.39 is 0 Å². The highest BCUT2D eigenvalue weighted by atomic mass is 32.2. The van der Waals surface area contributed by atoms with Crippen molar-refractivity contribution in [1.82, 2.24) is 29.8 Å². The maximum atomic E-state index is 9.32. The van der Waals surface area contributed by atoms with E-state index in [2.05, 4.69) is 30.4 Å². The van der Waals surface area contributed by atoms with Gasteiger partial charge in [-0.3, -0.25) is 0 Å². The minimum Gasteiger partial charge on any atom is -0.508 e. The molecule has 108 valence electrons. The summed E-state index contributed by atoms with van der Waals surface area (Å²) in [5.74, 6) is 0.818. The molecular formula is C11H11N7OS2. The van der Waals surface area contributed by atoms with E-state index in [1.807, 2.05) is 7.05 Å². The van der Waals surface area contributed by atoms with Crippen LogP contribution in [0.25, 0.3) is 5.69 Å². The number of hydrogen-bond donors (Lipinski definition) is 2. The van der Waals surface area contributed by atoms with E-state index in [1.165, 1.54) is 23.3 Å². The van der Waals surface area contributed by atoms with Gasteiger partial charge in [0, 0.05) is 24.3 Å². The van der Waals surface area contributed by atoms with Gasteiger partial charge in [0.2, 0.25) is 5.16 Å². The average molecular weight is 321 g/mol. The van der Waals surface area contributed by atoms with Crippen molar-refractivity contribution in [3.63, 3.8) is 0 Å². The Bertz CT molecular complexity index is 724. The van der Waals surface area contributed by atoms with Crippen LogP contribution in [-0.4, -0.2) is 41.9 Å². The third kappa shape index (κ3) is 2.95. The number of anilines is 1. The van der Waals surface area contributed by atoms with E-state index in [0.717, 1.165) is 16.4 Å². The van der Waals surface area contributed by atoms with Gasteiger partial charge in [-0.15, -0.1) is 10.2 Å². The van der Waals surface area contributed by atoms with Crippen LogP contribution in [0.15, 0.2) is 29.4 Å². The first-order valence-corrected chi connectivity index (χ1v) is 7.73. The zero-order valence-corrected chi connectivity index (χ0v) is 12.6. The van der Waals surface area contributed by atoms with Crippen LogP contribution >= 0.6 is 23.3 Å². The number of tetrazole rings is 1. The van der Waals surface area contributed by atoms with Gasteiger partial charge < -0.3 is 10.4 Å². The molecule has 0 unspecified atom stereocenters. The number of hydrogen-bond acceptors (Lipinski definition) is 9. The number of phenols is 1. The van der Waals surface area contributed by atoms with Gasteiger partial charge in [-0.1, -0.05) is 16.3 Å². The van der Waals surface area contributed by atoms with Gasteiger partial charge in [-0.2, -0.15) is 4.68 Å². The molecule has 8 nitrogen and oxygen atoms in total. The molecule has 2 heterocycles. The standard InChI is InChI=1S/C11H11N7OS2/c1-12-10-9(13-17-21-10)6-20-11-14-15-16-18(11)7-2-4-8(19)5-3-7/h2-5,12,19H,6H2,1H3. The largest absolute Gasteiger partial charge is 0.508 e. The normalized spacial score (nSPS) is 10.7. The van der Waals surface area contributed by atoms with E-state index in [1.54, 1.807) is 28.9 Å². The summed E-state index contributed by atoms with van der Waals surface area (Å²) in [6.07, 6.45) is 0. The summed E-state index contributed by atoms with van der Waals surface area (Å²) in [7, 11) is 1.84. The minimum absolute atomic E-state index is 0.202. The average Bonchev–Trinajstić information content (AvgIpc) is 3.14. The van der Waals surface area contributed by atoms with Gasteiger partial charge in [0.05, 0.1) is 5.69 Å². The lowest BCUT2D eigenvalue weighted by Gasteiger charge is -2.04. The number of nitrogens with one attached hydrogen (secondary N) is 1. The second-order valence-electron chi connectivity index (χ2n) is 3.98. The van der Waals surface area contributed by atoms with E-state index >= 15 is 0 Å². The quantitative estimate of drug-likeness (QED) is 0.683. The van der Waals surface area contributed by atoms with Crippen LogP contribution in [0.1, 0.15) is 5.69 Å². The Labute approximate surface area is 128 Å². The van der Waals surface area contributed by atoms with Crippen LogP contribution < -0.4 is 5.32 Å². The van der Waals surface area contributed by atoms with E-state index in [9.17, 15) is 5.11 Å². The lowest BCUT2D eigenvalue weighted by atomic mass is 10.3. The molecule has 3 aromatic rings. The lowest BCUT2D eigenvalue weighted by Crippen LogP contribution is -1.99. The van der Waals surface area contributed by atoms with Gasteiger partial charge in [0.25, 0.3) is 0 Å². The first-order valence-electron chi connectivity index (χ1n) is 5.97. The fourth-order valence-corrected chi connectivity index (χ4v) is 3.10. The summed E-state index contributed by atoms with van der Waals surface area (Å²) >= 11 is 2.79. The number of thioether (sulfide) groups is 1. The molecule has 0 spiro atoms. The Morgan fingerprint density at radius 1 is 1.29 bits per heavy atom. The molecule has 10 heteroatoms. The topological polar surface area (TPSA) is 102 Å². The van der Waals surface area contributed by atoms with Crippen molar-refractivity contribution in [1.29, 1.82) is 0 Å². The fourth-order valence-electron chi connectivity index (χ4n) is 1.65. The molecule has 21 heavy (non-hydrogen) atoms. The van der Waals surface area contributed by atoms with E-state index in [4.69, 9.17) is 0 Å². The smallest absolute Gasteiger partial charge is 0.214 e. The summed E-state index contributed by atoms with van der Waals surface area (Å²) in [5.41, 5.74) is 1.65. The molecule has 0 radical (unpaired) electrons. The summed E-state index contributed by atoms with van der Waals surface area (Å²) in [6, 6.07) is 6.68. The van der Waals surface area contributed by atoms with Gasteiger partial charge >= 0.3 is 0 Å².